The highest BCUT2D eigenvalue weighted by molar-refractivity contribution is 5.97. The topological polar surface area (TPSA) is 49.4 Å². The molecule has 1 aliphatic rings. The van der Waals surface area contributed by atoms with Crippen molar-refractivity contribution in [2.75, 3.05) is 11.4 Å². The van der Waals surface area contributed by atoms with E-state index in [1.54, 1.807) is 42.2 Å². The Hall–Kier alpha value is -2.83. The Morgan fingerprint density at radius 3 is 2.46 bits per heavy atom. The van der Waals surface area contributed by atoms with Crippen LogP contribution in [0.1, 0.15) is 53.7 Å². The summed E-state index contributed by atoms with van der Waals surface area (Å²) in [4.78, 5) is 26.1. The Morgan fingerprint density at radius 2 is 1.82 bits per heavy atom. The lowest BCUT2D eigenvalue weighted by molar-refractivity contribution is -0.137. The van der Waals surface area contributed by atoms with Crippen molar-refractivity contribution >= 4 is 17.5 Å². The lowest BCUT2D eigenvalue weighted by atomic mass is 10.0. The maximum Gasteiger partial charge on any atom is 0.416 e. The number of piperidine rings is 1. The van der Waals surface area contributed by atoms with E-state index in [0.29, 0.717) is 24.1 Å². The van der Waals surface area contributed by atoms with Crippen molar-refractivity contribution in [2.45, 2.75) is 38.4 Å². The summed E-state index contributed by atoms with van der Waals surface area (Å²) >= 11 is 0. The van der Waals surface area contributed by atoms with Gasteiger partial charge in [-0.2, -0.15) is 13.2 Å². The molecule has 1 heterocycles. The first kappa shape index (κ1) is 19.9. The predicted octanol–water partition coefficient (Wildman–Crippen LogP) is 4.71. The number of carbonyl (C=O) groups is 2. The quantitative estimate of drug-likeness (QED) is 0.822. The van der Waals surface area contributed by atoms with E-state index < -0.39 is 17.8 Å². The van der Waals surface area contributed by atoms with E-state index in [4.69, 9.17) is 0 Å². The molecule has 0 radical (unpaired) electrons. The van der Waals surface area contributed by atoms with Gasteiger partial charge >= 0.3 is 6.18 Å². The van der Waals surface area contributed by atoms with Crippen LogP contribution >= 0.6 is 0 Å². The molecule has 0 aliphatic carbocycles. The fourth-order valence-corrected chi connectivity index (χ4v) is 3.22. The fraction of sp³-hybridized carbons (Fsp3) is 0.333. The summed E-state index contributed by atoms with van der Waals surface area (Å²) in [6.07, 6.45) is -2.07. The summed E-state index contributed by atoms with van der Waals surface area (Å²) < 4.78 is 38.6. The summed E-state index contributed by atoms with van der Waals surface area (Å²) in [7, 11) is 0. The Bertz CT molecular complexity index is 863. The summed E-state index contributed by atoms with van der Waals surface area (Å²) in [6, 6.07) is 11.0. The highest BCUT2D eigenvalue weighted by Crippen LogP contribution is 2.30. The van der Waals surface area contributed by atoms with Crippen LogP contribution in [0.15, 0.2) is 48.5 Å². The minimum Gasteiger partial charge on any atom is -0.346 e. The normalized spacial score (nSPS) is 16.0. The zero-order valence-electron chi connectivity index (χ0n) is 15.4. The standard InChI is InChI=1S/C21H21F3N2O2/c1-14(16-5-4-6-17(13-16)21(22,23)24)25-20(28)15-8-10-18(11-9-15)26-12-3-2-7-19(26)27/h4-6,8-11,13-14H,2-3,7,12H2,1H3,(H,25,28). The van der Waals surface area contributed by atoms with Gasteiger partial charge in [0.2, 0.25) is 5.91 Å². The number of nitrogens with one attached hydrogen (secondary N) is 1. The lowest BCUT2D eigenvalue weighted by Crippen LogP contribution is -2.35. The molecular formula is C21H21F3N2O2. The molecular weight excluding hydrogens is 369 g/mol. The van der Waals surface area contributed by atoms with E-state index in [-0.39, 0.29) is 11.8 Å². The average Bonchev–Trinajstić information content (AvgIpc) is 2.68. The van der Waals surface area contributed by atoms with Gasteiger partial charge in [0.15, 0.2) is 0 Å². The molecule has 7 heteroatoms. The van der Waals surface area contributed by atoms with E-state index in [1.165, 1.54) is 6.07 Å². The van der Waals surface area contributed by atoms with Crippen LogP contribution in [0.3, 0.4) is 0 Å². The maximum absolute atomic E-state index is 12.9. The van der Waals surface area contributed by atoms with Gasteiger partial charge < -0.3 is 10.2 Å². The van der Waals surface area contributed by atoms with E-state index in [9.17, 15) is 22.8 Å². The molecule has 1 saturated heterocycles. The van der Waals surface area contributed by atoms with Gasteiger partial charge in [0, 0.05) is 24.2 Å². The smallest absolute Gasteiger partial charge is 0.346 e. The number of carbonyl (C=O) groups excluding carboxylic acids is 2. The van der Waals surface area contributed by atoms with Crippen molar-refractivity contribution in [3.8, 4) is 0 Å². The summed E-state index contributed by atoms with van der Waals surface area (Å²) in [5.41, 5.74) is 0.750. The number of hydrogen-bond donors (Lipinski definition) is 1. The van der Waals surface area contributed by atoms with E-state index >= 15 is 0 Å². The first-order valence-electron chi connectivity index (χ1n) is 9.14. The third-order valence-corrected chi connectivity index (χ3v) is 4.83. The molecule has 28 heavy (non-hydrogen) atoms. The van der Waals surface area contributed by atoms with Crippen molar-refractivity contribution in [2.24, 2.45) is 0 Å². The molecule has 1 aliphatic heterocycles. The second-order valence-electron chi connectivity index (χ2n) is 6.87. The highest BCUT2D eigenvalue weighted by atomic mass is 19.4. The minimum atomic E-state index is -4.43. The van der Waals surface area contributed by atoms with Gasteiger partial charge in [-0.1, -0.05) is 12.1 Å². The molecule has 2 aromatic rings. The number of alkyl halides is 3. The maximum atomic E-state index is 12.9. The zero-order chi connectivity index (χ0) is 20.3. The average molecular weight is 390 g/mol. The molecule has 0 aromatic heterocycles. The van der Waals surface area contributed by atoms with Crippen LogP contribution in [0, 0.1) is 0 Å². The SMILES string of the molecule is CC(NC(=O)c1ccc(N2CCCCC2=O)cc1)c1cccc(C(F)(F)F)c1. The molecule has 1 fully saturated rings. The van der Waals surface area contributed by atoms with Crippen molar-refractivity contribution in [1.82, 2.24) is 5.32 Å². The number of benzene rings is 2. The van der Waals surface area contributed by atoms with Gasteiger partial charge in [-0.15, -0.1) is 0 Å². The Kier molecular flexibility index (Phi) is 5.72. The molecule has 1 unspecified atom stereocenters. The second kappa shape index (κ2) is 8.04. The van der Waals surface area contributed by atoms with Crippen LogP contribution in [-0.4, -0.2) is 18.4 Å². The van der Waals surface area contributed by atoms with Crippen LogP contribution in [0.4, 0.5) is 18.9 Å². The summed E-state index contributed by atoms with van der Waals surface area (Å²) in [5, 5.41) is 2.71. The van der Waals surface area contributed by atoms with Crippen LogP contribution in [0.25, 0.3) is 0 Å². The van der Waals surface area contributed by atoms with Crippen LogP contribution in [0.5, 0.6) is 0 Å². The number of nitrogens with zero attached hydrogens (tertiary/aromatic N) is 1. The third kappa shape index (κ3) is 4.52. The van der Waals surface area contributed by atoms with Crippen molar-refractivity contribution in [1.29, 1.82) is 0 Å². The monoisotopic (exact) mass is 390 g/mol. The molecule has 0 spiro atoms. The molecule has 4 nitrogen and oxygen atoms in total. The number of hydrogen-bond acceptors (Lipinski definition) is 2. The van der Waals surface area contributed by atoms with E-state index in [0.717, 1.165) is 30.7 Å². The van der Waals surface area contributed by atoms with E-state index in [2.05, 4.69) is 5.32 Å². The molecule has 1 N–H and O–H groups in total. The number of halogens is 3. The summed E-state index contributed by atoms with van der Waals surface area (Å²) in [5.74, 6) is -0.317. The number of amides is 2. The summed E-state index contributed by atoms with van der Waals surface area (Å²) in [6.45, 7) is 2.30. The van der Waals surface area contributed by atoms with Gasteiger partial charge in [0.05, 0.1) is 11.6 Å². The molecule has 0 saturated carbocycles. The zero-order valence-corrected chi connectivity index (χ0v) is 15.4. The molecule has 3 rings (SSSR count). The largest absolute Gasteiger partial charge is 0.416 e. The third-order valence-electron chi connectivity index (χ3n) is 4.83. The molecule has 2 amide bonds. The Balaban J connectivity index is 1.68. The minimum absolute atomic E-state index is 0.0709. The number of rotatable bonds is 4. The first-order valence-corrected chi connectivity index (χ1v) is 9.14. The van der Waals surface area contributed by atoms with Gasteiger partial charge in [-0.25, -0.2) is 0 Å². The van der Waals surface area contributed by atoms with E-state index in [1.807, 2.05) is 0 Å². The number of anilines is 1. The Morgan fingerprint density at radius 1 is 1.11 bits per heavy atom. The van der Waals surface area contributed by atoms with Crippen LogP contribution in [0.2, 0.25) is 0 Å². The molecule has 0 bridgehead atoms. The van der Waals surface area contributed by atoms with Gasteiger partial charge in [0.1, 0.15) is 0 Å². The second-order valence-corrected chi connectivity index (χ2v) is 6.87. The Labute approximate surface area is 161 Å². The molecule has 148 valence electrons. The van der Waals surface area contributed by atoms with Gasteiger partial charge in [-0.05, 0) is 61.7 Å². The molecule has 2 aromatic carbocycles. The van der Waals surface area contributed by atoms with Crippen molar-refractivity contribution in [3.63, 3.8) is 0 Å². The highest BCUT2D eigenvalue weighted by Gasteiger charge is 2.30. The van der Waals surface area contributed by atoms with Crippen LogP contribution < -0.4 is 10.2 Å². The first-order chi connectivity index (χ1) is 13.3. The van der Waals surface area contributed by atoms with Gasteiger partial charge in [-0.3, -0.25) is 9.59 Å². The van der Waals surface area contributed by atoms with Gasteiger partial charge in [0.25, 0.3) is 5.91 Å². The van der Waals surface area contributed by atoms with Crippen molar-refractivity contribution in [3.05, 3.63) is 65.2 Å². The molecule has 1 atom stereocenters. The predicted molar refractivity (Wildman–Crippen MR) is 100.0 cm³/mol. The van der Waals surface area contributed by atoms with Crippen molar-refractivity contribution < 1.29 is 22.8 Å². The lowest BCUT2D eigenvalue weighted by Gasteiger charge is -2.26. The fourth-order valence-electron chi connectivity index (χ4n) is 3.22. The van der Waals surface area contributed by atoms with Crippen LogP contribution in [-0.2, 0) is 11.0 Å².